The molecule has 106 valence electrons. The number of ether oxygens (including phenoxy) is 1. The Bertz CT molecular complexity index is 451. The molecule has 19 heavy (non-hydrogen) atoms. The standard InChI is InChI=1S/C14H19ClFNO2/c1-8(2)13(14(18)19-4)17-9(3)10-5-6-11(15)12(16)7-10/h5-9,13,17H,1-4H3. The largest absolute Gasteiger partial charge is 0.468 e. The van der Waals surface area contributed by atoms with Crippen LogP contribution in [0.2, 0.25) is 5.02 Å². The van der Waals surface area contributed by atoms with Crippen molar-refractivity contribution < 1.29 is 13.9 Å². The van der Waals surface area contributed by atoms with Gasteiger partial charge in [-0.3, -0.25) is 10.1 Å². The van der Waals surface area contributed by atoms with E-state index >= 15 is 0 Å². The monoisotopic (exact) mass is 287 g/mol. The summed E-state index contributed by atoms with van der Waals surface area (Å²) in [7, 11) is 1.35. The minimum Gasteiger partial charge on any atom is -0.468 e. The van der Waals surface area contributed by atoms with Crippen LogP contribution in [0.4, 0.5) is 4.39 Å². The number of rotatable bonds is 5. The van der Waals surface area contributed by atoms with E-state index in [4.69, 9.17) is 16.3 Å². The van der Waals surface area contributed by atoms with Crippen molar-refractivity contribution in [1.29, 1.82) is 0 Å². The Kier molecular flexibility index (Phi) is 5.76. The second-order valence-corrected chi connectivity index (χ2v) is 5.21. The lowest BCUT2D eigenvalue weighted by Crippen LogP contribution is -2.42. The maximum atomic E-state index is 13.4. The number of carbonyl (C=O) groups excluding carboxylic acids is 1. The van der Waals surface area contributed by atoms with Crippen LogP contribution in [-0.4, -0.2) is 19.1 Å². The van der Waals surface area contributed by atoms with Gasteiger partial charge in [0.05, 0.1) is 12.1 Å². The number of nitrogens with one attached hydrogen (secondary N) is 1. The van der Waals surface area contributed by atoms with E-state index in [-0.39, 0.29) is 23.0 Å². The van der Waals surface area contributed by atoms with Gasteiger partial charge in [-0.1, -0.05) is 31.5 Å². The summed E-state index contributed by atoms with van der Waals surface area (Å²) < 4.78 is 18.2. The fourth-order valence-electron chi connectivity index (χ4n) is 1.81. The molecule has 0 saturated carbocycles. The van der Waals surface area contributed by atoms with E-state index in [2.05, 4.69) is 5.32 Å². The SMILES string of the molecule is COC(=O)C(NC(C)c1ccc(Cl)c(F)c1)C(C)C. The molecule has 0 fully saturated rings. The Morgan fingerprint density at radius 2 is 2.00 bits per heavy atom. The van der Waals surface area contributed by atoms with Gasteiger partial charge in [0, 0.05) is 6.04 Å². The molecule has 0 spiro atoms. The molecule has 0 amide bonds. The van der Waals surface area contributed by atoms with Crippen molar-refractivity contribution in [2.24, 2.45) is 5.92 Å². The summed E-state index contributed by atoms with van der Waals surface area (Å²) >= 11 is 5.64. The maximum Gasteiger partial charge on any atom is 0.323 e. The molecule has 2 atom stereocenters. The summed E-state index contributed by atoms with van der Waals surface area (Å²) in [5, 5.41) is 3.23. The van der Waals surface area contributed by atoms with Gasteiger partial charge in [0.2, 0.25) is 0 Å². The summed E-state index contributed by atoms with van der Waals surface area (Å²) in [4.78, 5) is 11.7. The third kappa shape index (κ3) is 4.18. The maximum absolute atomic E-state index is 13.4. The van der Waals surface area contributed by atoms with Crippen LogP contribution in [0.15, 0.2) is 18.2 Å². The average Bonchev–Trinajstić information content (AvgIpc) is 2.37. The number of hydrogen-bond donors (Lipinski definition) is 1. The molecule has 1 rings (SSSR count). The van der Waals surface area contributed by atoms with Crippen molar-refractivity contribution in [3.63, 3.8) is 0 Å². The number of methoxy groups -OCH3 is 1. The van der Waals surface area contributed by atoms with Gasteiger partial charge in [-0.2, -0.15) is 0 Å². The molecule has 3 nitrogen and oxygen atoms in total. The van der Waals surface area contributed by atoms with Crippen molar-refractivity contribution >= 4 is 17.6 Å². The zero-order chi connectivity index (χ0) is 14.6. The van der Waals surface area contributed by atoms with Crippen molar-refractivity contribution in [1.82, 2.24) is 5.32 Å². The van der Waals surface area contributed by atoms with Gasteiger partial charge in [-0.05, 0) is 30.5 Å². The molecule has 0 aliphatic rings. The topological polar surface area (TPSA) is 38.3 Å². The molecule has 5 heteroatoms. The van der Waals surface area contributed by atoms with Gasteiger partial charge in [-0.15, -0.1) is 0 Å². The molecular formula is C14H19ClFNO2. The Morgan fingerprint density at radius 1 is 1.37 bits per heavy atom. The number of benzene rings is 1. The Morgan fingerprint density at radius 3 is 2.47 bits per heavy atom. The first-order valence-electron chi connectivity index (χ1n) is 6.15. The first-order chi connectivity index (χ1) is 8.86. The van der Waals surface area contributed by atoms with Crippen LogP contribution in [0.3, 0.4) is 0 Å². The third-order valence-corrected chi connectivity index (χ3v) is 3.30. The predicted molar refractivity (Wildman–Crippen MR) is 73.6 cm³/mol. The Hall–Kier alpha value is -1.13. The summed E-state index contributed by atoms with van der Waals surface area (Å²) in [6.45, 7) is 5.70. The number of esters is 1. The van der Waals surface area contributed by atoms with Crippen LogP contribution in [0.5, 0.6) is 0 Å². The molecule has 0 saturated heterocycles. The van der Waals surface area contributed by atoms with E-state index in [1.54, 1.807) is 6.07 Å². The average molecular weight is 288 g/mol. The van der Waals surface area contributed by atoms with Crippen LogP contribution >= 0.6 is 11.6 Å². The second-order valence-electron chi connectivity index (χ2n) is 4.81. The van der Waals surface area contributed by atoms with Gasteiger partial charge < -0.3 is 4.74 Å². The molecule has 0 aliphatic heterocycles. The van der Waals surface area contributed by atoms with E-state index in [0.717, 1.165) is 5.56 Å². The molecule has 1 aromatic carbocycles. The third-order valence-electron chi connectivity index (χ3n) is 3.00. The quantitative estimate of drug-likeness (QED) is 0.844. The van der Waals surface area contributed by atoms with Crippen LogP contribution in [-0.2, 0) is 9.53 Å². The lowest BCUT2D eigenvalue weighted by atomic mass is 10.0. The highest BCUT2D eigenvalue weighted by molar-refractivity contribution is 6.30. The zero-order valence-corrected chi connectivity index (χ0v) is 12.3. The van der Waals surface area contributed by atoms with E-state index in [9.17, 15) is 9.18 Å². The molecule has 2 unspecified atom stereocenters. The van der Waals surface area contributed by atoms with Crippen LogP contribution in [0.25, 0.3) is 0 Å². The summed E-state index contributed by atoms with van der Waals surface area (Å²) in [5.41, 5.74) is 0.733. The van der Waals surface area contributed by atoms with Gasteiger partial charge in [0.1, 0.15) is 11.9 Å². The predicted octanol–water partition coefficient (Wildman–Crippen LogP) is 3.33. The number of carbonyl (C=O) groups is 1. The van der Waals surface area contributed by atoms with Crippen molar-refractivity contribution in [2.75, 3.05) is 7.11 Å². The highest BCUT2D eigenvalue weighted by atomic mass is 35.5. The minimum absolute atomic E-state index is 0.0760. The lowest BCUT2D eigenvalue weighted by molar-refractivity contribution is -0.144. The number of halogens is 2. The van der Waals surface area contributed by atoms with Crippen molar-refractivity contribution in [3.05, 3.63) is 34.6 Å². The molecule has 0 bridgehead atoms. The van der Waals surface area contributed by atoms with Gasteiger partial charge in [0.25, 0.3) is 0 Å². The Balaban J connectivity index is 2.84. The van der Waals surface area contributed by atoms with E-state index in [0.29, 0.717) is 0 Å². The zero-order valence-electron chi connectivity index (χ0n) is 11.5. The van der Waals surface area contributed by atoms with Crippen LogP contribution in [0, 0.1) is 11.7 Å². The summed E-state index contributed by atoms with van der Waals surface area (Å²) in [5.74, 6) is -0.713. The van der Waals surface area contributed by atoms with E-state index in [1.165, 1.54) is 19.2 Å². The van der Waals surface area contributed by atoms with Gasteiger partial charge in [-0.25, -0.2) is 4.39 Å². The van der Waals surface area contributed by atoms with Gasteiger partial charge >= 0.3 is 5.97 Å². The summed E-state index contributed by atoms with van der Waals surface area (Å²) in [6.07, 6.45) is 0. The molecule has 0 aromatic heterocycles. The van der Waals surface area contributed by atoms with Crippen LogP contribution in [0.1, 0.15) is 32.4 Å². The second kappa shape index (κ2) is 6.87. The molecule has 1 aromatic rings. The van der Waals surface area contributed by atoms with Gasteiger partial charge in [0.15, 0.2) is 0 Å². The fraction of sp³-hybridized carbons (Fsp3) is 0.500. The fourth-order valence-corrected chi connectivity index (χ4v) is 1.92. The number of hydrogen-bond acceptors (Lipinski definition) is 3. The molecular weight excluding hydrogens is 269 g/mol. The molecule has 1 N–H and O–H groups in total. The molecule has 0 aliphatic carbocycles. The highest BCUT2D eigenvalue weighted by Gasteiger charge is 2.25. The smallest absolute Gasteiger partial charge is 0.323 e. The van der Waals surface area contributed by atoms with Crippen molar-refractivity contribution in [2.45, 2.75) is 32.9 Å². The lowest BCUT2D eigenvalue weighted by Gasteiger charge is -2.24. The minimum atomic E-state index is -0.466. The van der Waals surface area contributed by atoms with Crippen LogP contribution < -0.4 is 5.32 Å². The summed E-state index contributed by atoms with van der Waals surface area (Å²) in [6, 6.07) is 4.00. The normalized spacial score (nSPS) is 14.3. The van der Waals surface area contributed by atoms with E-state index in [1.807, 2.05) is 20.8 Å². The molecule has 0 heterocycles. The first-order valence-corrected chi connectivity index (χ1v) is 6.53. The molecule has 0 radical (unpaired) electrons. The Labute approximate surface area is 118 Å². The first kappa shape index (κ1) is 15.9. The van der Waals surface area contributed by atoms with E-state index < -0.39 is 11.9 Å². The van der Waals surface area contributed by atoms with Crippen molar-refractivity contribution in [3.8, 4) is 0 Å². The highest BCUT2D eigenvalue weighted by Crippen LogP contribution is 2.21.